The molecule has 0 aromatic heterocycles. The van der Waals surface area contributed by atoms with Crippen molar-refractivity contribution >= 4 is 0 Å². The SMILES string of the molecule is C=CCC(C)(F)OCF. The van der Waals surface area contributed by atoms with Crippen molar-refractivity contribution < 1.29 is 13.5 Å². The van der Waals surface area contributed by atoms with E-state index >= 15 is 0 Å². The molecule has 0 saturated carbocycles. The molecule has 0 bridgehead atoms. The molecule has 0 aliphatic rings. The monoisotopic (exact) mass is 136 g/mol. The number of hydrogen-bond acceptors (Lipinski definition) is 1. The van der Waals surface area contributed by atoms with E-state index in [1.165, 1.54) is 6.08 Å². The van der Waals surface area contributed by atoms with Crippen molar-refractivity contribution in [3.8, 4) is 0 Å². The highest BCUT2D eigenvalue weighted by molar-refractivity contribution is 4.75. The zero-order valence-electron chi connectivity index (χ0n) is 5.36. The zero-order valence-corrected chi connectivity index (χ0v) is 5.36. The molecule has 0 amide bonds. The van der Waals surface area contributed by atoms with Gasteiger partial charge >= 0.3 is 0 Å². The van der Waals surface area contributed by atoms with Crippen LogP contribution >= 0.6 is 0 Å². The highest BCUT2D eigenvalue weighted by Gasteiger charge is 2.20. The van der Waals surface area contributed by atoms with E-state index in [-0.39, 0.29) is 6.42 Å². The Morgan fingerprint density at radius 1 is 1.78 bits per heavy atom. The number of ether oxygens (including phenoxy) is 1. The maximum absolute atomic E-state index is 12.6. The van der Waals surface area contributed by atoms with Gasteiger partial charge in [-0.15, -0.1) is 6.58 Å². The van der Waals surface area contributed by atoms with E-state index in [2.05, 4.69) is 11.3 Å². The Balaban J connectivity index is 3.55. The first-order valence-electron chi connectivity index (χ1n) is 2.62. The van der Waals surface area contributed by atoms with Gasteiger partial charge in [-0.3, -0.25) is 0 Å². The summed E-state index contributed by atoms with van der Waals surface area (Å²) < 4.78 is 27.9. The minimum atomic E-state index is -1.89. The zero-order chi connectivity index (χ0) is 7.33. The van der Waals surface area contributed by atoms with Crippen molar-refractivity contribution in [3.05, 3.63) is 12.7 Å². The molecular weight excluding hydrogens is 126 g/mol. The second-order valence-electron chi connectivity index (χ2n) is 1.85. The van der Waals surface area contributed by atoms with E-state index in [1.54, 1.807) is 0 Å². The molecular formula is C6H10F2O. The Kier molecular flexibility index (Phi) is 3.39. The van der Waals surface area contributed by atoms with Crippen LogP contribution in [0.4, 0.5) is 8.78 Å². The van der Waals surface area contributed by atoms with Crippen LogP contribution in [0.25, 0.3) is 0 Å². The summed E-state index contributed by atoms with van der Waals surface area (Å²) in [7, 11) is 0. The van der Waals surface area contributed by atoms with Crippen molar-refractivity contribution in [2.24, 2.45) is 0 Å². The van der Waals surface area contributed by atoms with E-state index in [4.69, 9.17) is 0 Å². The van der Waals surface area contributed by atoms with E-state index < -0.39 is 12.7 Å². The van der Waals surface area contributed by atoms with Crippen LogP contribution in [0, 0.1) is 0 Å². The van der Waals surface area contributed by atoms with Crippen LogP contribution in [-0.4, -0.2) is 12.7 Å². The Morgan fingerprint density at radius 3 is 2.67 bits per heavy atom. The lowest BCUT2D eigenvalue weighted by Gasteiger charge is -2.15. The summed E-state index contributed by atoms with van der Waals surface area (Å²) in [5.74, 6) is -1.89. The third-order valence-corrected chi connectivity index (χ3v) is 0.864. The lowest BCUT2D eigenvalue weighted by Crippen LogP contribution is -2.20. The Hall–Kier alpha value is -0.440. The van der Waals surface area contributed by atoms with Crippen molar-refractivity contribution in [3.63, 3.8) is 0 Å². The Morgan fingerprint density at radius 2 is 2.33 bits per heavy atom. The molecule has 0 fully saturated rings. The first-order valence-corrected chi connectivity index (χ1v) is 2.62. The molecule has 0 aromatic carbocycles. The van der Waals surface area contributed by atoms with Crippen molar-refractivity contribution in [1.82, 2.24) is 0 Å². The molecule has 0 aromatic rings. The predicted molar refractivity (Wildman–Crippen MR) is 31.4 cm³/mol. The van der Waals surface area contributed by atoms with Gasteiger partial charge in [0.15, 0.2) is 6.86 Å². The topological polar surface area (TPSA) is 9.23 Å². The van der Waals surface area contributed by atoms with Gasteiger partial charge in [-0.2, -0.15) is 0 Å². The first-order chi connectivity index (χ1) is 4.12. The summed E-state index contributed by atoms with van der Waals surface area (Å²) in [4.78, 5) is 0. The fraction of sp³-hybridized carbons (Fsp3) is 0.667. The molecule has 0 N–H and O–H groups in total. The smallest absolute Gasteiger partial charge is 0.212 e. The summed E-state index contributed by atoms with van der Waals surface area (Å²) in [6.07, 6.45) is 1.35. The second kappa shape index (κ2) is 3.56. The summed E-state index contributed by atoms with van der Waals surface area (Å²) in [6, 6.07) is 0. The van der Waals surface area contributed by atoms with Crippen LogP contribution in [0.5, 0.6) is 0 Å². The predicted octanol–water partition coefficient (Wildman–Crippen LogP) is 2.19. The molecule has 3 heteroatoms. The highest BCUT2D eigenvalue weighted by atomic mass is 19.2. The van der Waals surface area contributed by atoms with Gasteiger partial charge in [-0.1, -0.05) is 6.08 Å². The maximum Gasteiger partial charge on any atom is 0.212 e. The van der Waals surface area contributed by atoms with Crippen molar-refractivity contribution in [1.29, 1.82) is 0 Å². The summed E-state index contributed by atoms with van der Waals surface area (Å²) >= 11 is 0. The molecule has 1 nitrogen and oxygen atoms in total. The lowest BCUT2D eigenvalue weighted by molar-refractivity contribution is -0.155. The summed E-state index contributed by atoms with van der Waals surface area (Å²) in [5, 5.41) is 0. The van der Waals surface area contributed by atoms with Crippen molar-refractivity contribution in [2.75, 3.05) is 6.86 Å². The molecule has 54 valence electrons. The number of rotatable bonds is 4. The van der Waals surface area contributed by atoms with Gasteiger partial charge in [0.25, 0.3) is 0 Å². The Bertz CT molecular complexity index is 91.1. The van der Waals surface area contributed by atoms with Gasteiger partial charge in [0.2, 0.25) is 5.85 Å². The molecule has 0 aliphatic heterocycles. The average Bonchev–Trinajstić information content (AvgIpc) is 1.64. The molecule has 1 atom stereocenters. The molecule has 1 unspecified atom stereocenters. The van der Waals surface area contributed by atoms with E-state index in [0.717, 1.165) is 6.92 Å². The molecule has 0 saturated heterocycles. The third kappa shape index (κ3) is 4.09. The highest BCUT2D eigenvalue weighted by Crippen LogP contribution is 2.16. The Labute approximate surface area is 53.3 Å². The van der Waals surface area contributed by atoms with Crippen LogP contribution < -0.4 is 0 Å². The van der Waals surface area contributed by atoms with Crippen molar-refractivity contribution in [2.45, 2.75) is 19.2 Å². The fourth-order valence-corrected chi connectivity index (χ4v) is 0.430. The standard InChI is InChI=1S/C6H10F2O/c1-3-4-6(2,8)9-5-7/h3H,1,4-5H2,2H3. The lowest BCUT2D eigenvalue weighted by atomic mass is 10.2. The molecule has 0 aliphatic carbocycles. The minimum Gasteiger partial charge on any atom is -0.314 e. The second-order valence-corrected chi connectivity index (χ2v) is 1.85. The van der Waals surface area contributed by atoms with Gasteiger partial charge in [0.1, 0.15) is 0 Å². The fourth-order valence-electron chi connectivity index (χ4n) is 0.430. The van der Waals surface area contributed by atoms with Gasteiger partial charge in [0.05, 0.1) is 0 Å². The van der Waals surface area contributed by atoms with Crippen LogP contribution in [0.15, 0.2) is 12.7 Å². The van der Waals surface area contributed by atoms with E-state index in [9.17, 15) is 8.78 Å². The van der Waals surface area contributed by atoms with Gasteiger partial charge in [-0.05, 0) is 6.92 Å². The number of hydrogen-bond donors (Lipinski definition) is 0. The van der Waals surface area contributed by atoms with Crippen LogP contribution in [0.2, 0.25) is 0 Å². The molecule has 0 rings (SSSR count). The largest absolute Gasteiger partial charge is 0.314 e. The number of halogens is 2. The van der Waals surface area contributed by atoms with Crippen LogP contribution in [0.1, 0.15) is 13.3 Å². The maximum atomic E-state index is 12.6. The van der Waals surface area contributed by atoms with Crippen LogP contribution in [0.3, 0.4) is 0 Å². The number of alkyl halides is 2. The molecule has 0 radical (unpaired) electrons. The van der Waals surface area contributed by atoms with E-state index in [1.807, 2.05) is 0 Å². The summed E-state index contributed by atoms with van der Waals surface area (Å²) in [5.41, 5.74) is 0. The normalized spacial score (nSPS) is 16.8. The van der Waals surface area contributed by atoms with Crippen LogP contribution in [-0.2, 0) is 4.74 Å². The van der Waals surface area contributed by atoms with E-state index in [0.29, 0.717) is 0 Å². The van der Waals surface area contributed by atoms with Gasteiger partial charge in [0, 0.05) is 6.42 Å². The third-order valence-electron chi connectivity index (χ3n) is 0.864. The molecule has 0 heterocycles. The van der Waals surface area contributed by atoms with Gasteiger partial charge in [-0.25, -0.2) is 8.78 Å². The first kappa shape index (κ1) is 8.56. The average molecular weight is 136 g/mol. The summed E-state index contributed by atoms with van der Waals surface area (Å²) in [6.45, 7) is 3.35. The van der Waals surface area contributed by atoms with Gasteiger partial charge < -0.3 is 4.74 Å². The molecule has 9 heavy (non-hydrogen) atoms. The minimum absolute atomic E-state index is 0.0108. The quantitative estimate of drug-likeness (QED) is 0.538. The molecule has 0 spiro atoms.